The molecule has 0 saturated heterocycles. The van der Waals surface area contributed by atoms with Crippen LogP contribution in [0.15, 0.2) is 28.8 Å². The van der Waals surface area contributed by atoms with E-state index in [-0.39, 0.29) is 11.5 Å². The number of aryl methyl sites for hydroxylation is 1. The fourth-order valence-corrected chi connectivity index (χ4v) is 3.13. The minimum atomic E-state index is -0.311. The normalized spacial score (nSPS) is 16.7. The Morgan fingerprint density at radius 3 is 2.81 bits per heavy atom. The third-order valence-electron chi connectivity index (χ3n) is 4.57. The number of fused-ring (bicyclic) bond motifs is 1. The Labute approximate surface area is 157 Å². The highest BCUT2D eigenvalue weighted by molar-refractivity contribution is 5.95. The Morgan fingerprint density at radius 2 is 2.07 bits per heavy atom. The molecule has 2 aromatic rings. The van der Waals surface area contributed by atoms with Crippen LogP contribution in [0.4, 0.5) is 17.3 Å². The summed E-state index contributed by atoms with van der Waals surface area (Å²) in [5.74, 6) is 0.482. The van der Waals surface area contributed by atoms with Crippen LogP contribution in [0.25, 0.3) is 6.20 Å². The van der Waals surface area contributed by atoms with Crippen molar-refractivity contribution >= 4 is 29.4 Å². The molecule has 0 aliphatic carbocycles. The number of hydrogen-bond acceptors (Lipinski definition) is 6. The van der Waals surface area contributed by atoms with Crippen LogP contribution in [0.1, 0.15) is 48.7 Å². The van der Waals surface area contributed by atoms with Crippen molar-refractivity contribution in [2.75, 3.05) is 17.6 Å². The van der Waals surface area contributed by atoms with Crippen molar-refractivity contribution in [3.8, 4) is 0 Å². The number of nitrogens with one attached hydrogen (secondary N) is 2. The molecular weight excluding hydrogens is 344 g/mol. The molecule has 1 aliphatic heterocycles. The lowest BCUT2D eigenvalue weighted by Gasteiger charge is -2.18. The van der Waals surface area contributed by atoms with Crippen LogP contribution < -0.4 is 21.9 Å². The molecule has 0 fully saturated rings. The molecule has 8 heteroatoms. The van der Waals surface area contributed by atoms with E-state index in [9.17, 15) is 9.59 Å². The molecular formula is C19H24N6O2. The number of pyridine rings is 1. The van der Waals surface area contributed by atoms with Gasteiger partial charge in [-0.15, -0.1) is 0 Å². The van der Waals surface area contributed by atoms with Gasteiger partial charge in [-0.05, 0) is 44.2 Å². The predicted molar refractivity (Wildman–Crippen MR) is 106 cm³/mol. The van der Waals surface area contributed by atoms with Crippen LogP contribution in [-0.4, -0.2) is 27.0 Å². The Morgan fingerprint density at radius 1 is 1.26 bits per heavy atom. The van der Waals surface area contributed by atoms with Crippen molar-refractivity contribution < 1.29 is 4.79 Å². The monoisotopic (exact) mass is 368 g/mol. The number of rotatable bonds is 3. The Balaban J connectivity index is 2.14. The molecule has 0 unspecified atom stereocenters. The average molecular weight is 368 g/mol. The lowest BCUT2D eigenvalue weighted by molar-refractivity contribution is 0.0945. The summed E-state index contributed by atoms with van der Waals surface area (Å²) in [5.41, 5.74) is 7.89. The number of hydrogen-bond donors (Lipinski definition) is 3. The van der Waals surface area contributed by atoms with Gasteiger partial charge in [-0.2, -0.15) is 0 Å². The van der Waals surface area contributed by atoms with Gasteiger partial charge in [0, 0.05) is 18.8 Å². The first-order valence-corrected chi connectivity index (χ1v) is 9.08. The summed E-state index contributed by atoms with van der Waals surface area (Å²) < 4.78 is 1.45. The largest absolute Gasteiger partial charge is 0.384 e. The van der Waals surface area contributed by atoms with Gasteiger partial charge in [-0.25, -0.2) is 9.97 Å². The molecule has 1 aliphatic rings. The van der Waals surface area contributed by atoms with E-state index in [0.717, 1.165) is 31.3 Å². The third kappa shape index (κ3) is 4.16. The SMILES string of the molecule is CC/C1=C/n2c(c(C)cc(Nc3cc(N)ncn3)c2=O)C(=O)NCCCC1. The Bertz CT molecular complexity index is 948. The van der Waals surface area contributed by atoms with E-state index in [2.05, 4.69) is 27.5 Å². The first kappa shape index (κ1) is 18.6. The molecule has 4 N–H and O–H groups in total. The maximum Gasteiger partial charge on any atom is 0.278 e. The van der Waals surface area contributed by atoms with Gasteiger partial charge in [-0.3, -0.25) is 14.2 Å². The van der Waals surface area contributed by atoms with Crippen molar-refractivity contribution in [2.24, 2.45) is 0 Å². The molecule has 142 valence electrons. The summed E-state index contributed by atoms with van der Waals surface area (Å²) in [7, 11) is 0. The number of nitrogens with zero attached hydrogens (tertiary/aromatic N) is 3. The lowest BCUT2D eigenvalue weighted by Crippen LogP contribution is -2.33. The van der Waals surface area contributed by atoms with Crippen LogP contribution >= 0.6 is 0 Å². The zero-order chi connectivity index (χ0) is 19.4. The summed E-state index contributed by atoms with van der Waals surface area (Å²) in [5, 5.41) is 5.89. The minimum absolute atomic E-state index is 0.240. The Kier molecular flexibility index (Phi) is 5.54. The standard InChI is InChI=1S/C19H24N6O2/c1-3-13-6-4-5-7-21-18(26)17-12(2)8-14(19(27)25(17)10-13)24-16-9-15(20)22-11-23-16/h8-11H,3-7H2,1-2H3,(H,21,26)(H3,20,22,23,24)/b13-10-. The molecule has 0 radical (unpaired) electrons. The molecule has 3 heterocycles. The lowest BCUT2D eigenvalue weighted by atomic mass is 10.1. The van der Waals surface area contributed by atoms with Crippen molar-refractivity contribution in [1.29, 1.82) is 0 Å². The summed E-state index contributed by atoms with van der Waals surface area (Å²) in [6, 6.07) is 3.21. The molecule has 27 heavy (non-hydrogen) atoms. The molecule has 8 nitrogen and oxygen atoms in total. The number of amides is 1. The smallest absolute Gasteiger partial charge is 0.278 e. The molecule has 0 atom stereocenters. The van der Waals surface area contributed by atoms with Crippen LogP contribution in [0.3, 0.4) is 0 Å². The summed E-state index contributed by atoms with van der Waals surface area (Å²) in [6.45, 7) is 4.47. The molecule has 0 bridgehead atoms. The summed E-state index contributed by atoms with van der Waals surface area (Å²) >= 11 is 0. The first-order chi connectivity index (χ1) is 13.0. The van der Waals surface area contributed by atoms with Gasteiger partial charge in [0.2, 0.25) is 0 Å². The highest BCUT2D eigenvalue weighted by Crippen LogP contribution is 2.19. The van der Waals surface area contributed by atoms with Crippen LogP contribution in [0.5, 0.6) is 0 Å². The first-order valence-electron chi connectivity index (χ1n) is 9.08. The Hall–Kier alpha value is -3.16. The topological polar surface area (TPSA) is 115 Å². The van der Waals surface area contributed by atoms with E-state index in [1.807, 2.05) is 6.92 Å². The molecule has 3 rings (SSSR count). The molecule has 2 aromatic heterocycles. The van der Waals surface area contributed by atoms with Crippen LogP contribution in [0.2, 0.25) is 0 Å². The second-order valence-corrected chi connectivity index (χ2v) is 6.57. The minimum Gasteiger partial charge on any atom is -0.384 e. The van der Waals surface area contributed by atoms with Gasteiger partial charge in [0.25, 0.3) is 11.5 Å². The maximum absolute atomic E-state index is 13.1. The van der Waals surface area contributed by atoms with Gasteiger partial charge in [0.05, 0.1) is 0 Å². The summed E-state index contributed by atoms with van der Waals surface area (Å²) in [4.78, 5) is 33.7. The second kappa shape index (κ2) is 8.03. The van der Waals surface area contributed by atoms with Gasteiger partial charge in [0.15, 0.2) is 0 Å². The van der Waals surface area contributed by atoms with Crippen molar-refractivity contribution in [3.63, 3.8) is 0 Å². The van der Waals surface area contributed by atoms with Gasteiger partial charge < -0.3 is 16.4 Å². The second-order valence-electron chi connectivity index (χ2n) is 6.57. The summed E-state index contributed by atoms with van der Waals surface area (Å²) in [6.07, 6.45) is 6.74. The number of anilines is 3. The van der Waals surface area contributed by atoms with Gasteiger partial charge in [-0.1, -0.05) is 12.5 Å². The zero-order valence-corrected chi connectivity index (χ0v) is 15.6. The average Bonchev–Trinajstić information content (AvgIpc) is 2.64. The number of allylic oxidation sites excluding steroid dienone is 1. The fraction of sp³-hybridized carbons (Fsp3) is 0.368. The van der Waals surface area contributed by atoms with Crippen LogP contribution in [-0.2, 0) is 0 Å². The van der Waals surface area contributed by atoms with E-state index in [0.29, 0.717) is 35.1 Å². The van der Waals surface area contributed by atoms with Crippen LogP contribution in [0, 0.1) is 6.92 Å². The van der Waals surface area contributed by atoms with E-state index < -0.39 is 0 Å². The predicted octanol–water partition coefficient (Wildman–Crippen LogP) is 2.44. The van der Waals surface area contributed by atoms with Crippen molar-refractivity contribution in [2.45, 2.75) is 39.5 Å². The van der Waals surface area contributed by atoms with E-state index >= 15 is 0 Å². The number of nitrogen functional groups attached to an aromatic ring is 1. The highest BCUT2D eigenvalue weighted by atomic mass is 16.2. The highest BCUT2D eigenvalue weighted by Gasteiger charge is 2.19. The van der Waals surface area contributed by atoms with E-state index in [4.69, 9.17) is 5.73 Å². The molecule has 1 amide bonds. The maximum atomic E-state index is 13.1. The van der Waals surface area contributed by atoms with Gasteiger partial charge >= 0.3 is 0 Å². The number of carbonyl (C=O) groups excluding carboxylic acids is 1. The molecule has 0 saturated carbocycles. The van der Waals surface area contributed by atoms with Crippen molar-refractivity contribution in [3.05, 3.63) is 45.6 Å². The number of aromatic nitrogens is 3. The zero-order valence-electron chi connectivity index (χ0n) is 15.6. The van der Waals surface area contributed by atoms with E-state index in [1.54, 1.807) is 18.3 Å². The van der Waals surface area contributed by atoms with Crippen molar-refractivity contribution in [1.82, 2.24) is 19.9 Å². The number of carbonyl (C=O) groups is 1. The quantitative estimate of drug-likeness (QED) is 0.766. The molecule has 0 spiro atoms. The van der Waals surface area contributed by atoms with Gasteiger partial charge in [0.1, 0.15) is 29.3 Å². The number of nitrogens with two attached hydrogens (primary N) is 1. The third-order valence-corrected chi connectivity index (χ3v) is 4.57. The molecule has 0 aromatic carbocycles. The van der Waals surface area contributed by atoms with E-state index in [1.165, 1.54) is 10.9 Å². The fourth-order valence-electron chi connectivity index (χ4n) is 3.13.